The van der Waals surface area contributed by atoms with Crippen molar-refractivity contribution in [1.29, 1.82) is 0 Å². The van der Waals surface area contributed by atoms with Crippen LogP contribution in [0.5, 0.6) is 5.75 Å². The third-order valence-electron chi connectivity index (χ3n) is 3.16. The zero-order valence-electron chi connectivity index (χ0n) is 11.8. The third-order valence-corrected chi connectivity index (χ3v) is 3.16. The van der Waals surface area contributed by atoms with Crippen molar-refractivity contribution in [3.63, 3.8) is 0 Å². The van der Waals surface area contributed by atoms with Gasteiger partial charge in [-0.3, -0.25) is 0 Å². The van der Waals surface area contributed by atoms with E-state index in [-0.39, 0.29) is 6.10 Å². The van der Waals surface area contributed by atoms with Crippen molar-refractivity contribution in [3.05, 3.63) is 65.2 Å². The number of benzene rings is 2. The first-order valence-electron chi connectivity index (χ1n) is 6.64. The van der Waals surface area contributed by atoms with E-state index in [9.17, 15) is 0 Å². The highest BCUT2D eigenvalue weighted by Crippen LogP contribution is 2.25. The average molecular weight is 255 g/mol. The van der Waals surface area contributed by atoms with Crippen molar-refractivity contribution >= 4 is 0 Å². The molecule has 0 amide bonds. The Hall–Kier alpha value is -1.80. The van der Waals surface area contributed by atoms with E-state index in [4.69, 9.17) is 4.74 Å². The van der Waals surface area contributed by atoms with Crippen molar-refractivity contribution < 1.29 is 4.74 Å². The third kappa shape index (κ3) is 3.58. The fourth-order valence-corrected chi connectivity index (χ4v) is 2.17. The van der Waals surface area contributed by atoms with Gasteiger partial charge in [0, 0.05) is 6.54 Å². The summed E-state index contributed by atoms with van der Waals surface area (Å²) in [7, 11) is 1.95. The topological polar surface area (TPSA) is 21.3 Å². The van der Waals surface area contributed by atoms with Gasteiger partial charge in [0.1, 0.15) is 11.9 Å². The standard InChI is InChI=1S/C17H21NO/c1-13-9-10-16(14(2)11-13)19-17(12-18-3)15-7-5-4-6-8-15/h4-11,17-18H,12H2,1-3H3. The van der Waals surface area contributed by atoms with Gasteiger partial charge in [-0.05, 0) is 38.1 Å². The summed E-state index contributed by atoms with van der Waals surface area (Å²) in [4.78, 5) is 0. The maximum absolute atomic E-state index is 6.16. The quantitative estimate of drug-likeness (QED) is 0.880. The maximum atomic E-state index is 6.16. The number of rotatable bonds is 5. The van der Waals surface area contributed by atoms with E-state index in [2.05, 4.69) is 49.5 Å². The molecule has 1 unspecified atom stereocenters. The van der Waals surface area contributed by atoms with E-state index in [1.165, 1.54) is 16.7 Å². The predicted molar refractivity (Wildman–Crippen MR) is 79.7 cm³/mol. The molecule has 2 aromatic rings. The summed E-state index contributed by atoms with van der Waals surface area (Å²) in [6, 6.07) is 16.6. The SMILES string of the molecule is CNCC(Oc1ccc(C)cc1C)c1ccccc1. The lowest BCUT2D eigenvalue weighted by Crippen LogP contribution is -2.22. The molecule has 0 spiro atoms. The van der Waals surface area contributed by atoms with Crippen LogP contribution in [0, 0.1) is 13.8 Å². The first kappa shape index (κ1) is 13.6. The first-order valence-corrected chi connectivity index (χ1v) is 6.64. The van der Waals surface area contributed by atoms with Gasteiger partial charge in [0.25, 0.3) is 0 Å². The van der Waals surface area contributed by atoms with Crippen molar-refractivity contribution in [2.45, 2.75) is 20.0 Å². The zero-order chi connectivity index (χ0) is 13.7. The Labute approximate surface area is 115 Å². The highest BCUT2D eigenvalue weighted by atomic mass is 16.5. The van der Waals surface area contributed by atoms with Crippen molar-refractivity contribution in [1.82, 2.24) is 5.32 Å². The van der Waals surface area contributed by atoms with Gasteiger partial charge in [-0.25, -0.2) is 0 Å². The minimum absolute atomic E-state index is 0.0348. The molecule has 2 rings (SSSR count). The van der Waals surface area contributed by atoms with Crippen LogP contribution >= 0.6 is 0 Å². The van der Waals surface area contributed by atoms with E-state index in [0.29, 0.717) is 0 Å². The normalized spacial score (nSPS) is 12.2. The van der Waals surface area contributed by atoms with Crippen LogP contribution in [0.1, 0.15) is 22.8 Å². The second-order valence-electron chi connectivity index (χ2n) is 4.84. The Morgan fingerprint density at radius 2 is 1.79 bits per heavy atom. The van der Waals surface area contributed by atoms with E-state index in [0.717, 1.165) is 12.3 Å². The summed E-state index contributed by atoms with van der Waals surface area (Å²) < 4.78 is 6.16. The summed E-state index contributed by atoms with van der Waals surface area (Å²) in [5.41, 5.74) is 3.63. The highest BCUT2D eigenvalue weighted by Gasteiger charge is 2.13. The number of nitrogens with one attached hydrogen (secondary N) is 1. The Morgan fingerprint density at radius 1 is 1.05 bits per heavy atom. The lowest BCUT2D eigenvalue weighted by molar-refractivity contribution is 0.203. The van der Waals surface area contributed by atoms with Gasteiger partial charge in [-0.2, -0.15) is 0 Å². The van der Waals surface area contributed by atoms with Gasteiger partial charge < -0.3 is 10.1 Å². The summed E-state index contributed by atoms with van der Waals surface area (Å²) in [6.07, 6.45) is 0.0348. The molecule has 1 atom stereocenters. The van der Waals surface area contributed by atoms with Crippen LogP contribution in [-0.4, -0.2) is 13.6 Å². The summed E-state index contributed by atoms with van der Waals surface area (Å²) in [5.74, 6) is 0.953. The second kappa shape index (κ2) is 6.39. The van der Waals surface area contributed by atoms with Crippen molar-refractivity contribution in [2.24, 2.45) is 0 Å². The fraction of sp³-hybridized carbons (Fsp3) is 0.294. The Bertz CT molecular complexity index is 522. The molecule has 0 saturated heterocycles. The number of ether oxygens (including phenoxy) is 1. The van der Waals surface area contributed by atoms with E-state index >= 15 is 0 Å². The lowest BCUT2D eigenvalue weighted by Gasteiger charge is -2.20. The van der Waals surface area contributed by atoms with Gasteiger partial charge in [0.15, 0.2) is 0 Å². The van der Waals surface area contributed by atoms with Crippen LogP contribution in [0.2, 0.25) is 0 Å². The zero-order valence-corrected chi connectivity index (χ0v) is 11.8. The van der Waals surface area contributed by atoms with Crippen LogP contribution in [0.15, 0.2) is 48.5 Å². The van der Waals surface area contributed by atoms with Crippen LogP contribution in [0.4, 0.5) is 0 Å². The molecular weight excluding hydrogens is 234 g/mol. The molecule has 0 bridgehead atoms. The molecule has 2 nitrogen and oxygen atoms in total. The molecule has 0 aromatic heterocycles. The first-order chi connectivity index (χ1) is 9.20. The minimum atomic E-state index is 0.0348. The molecular formula is C17H21NO. The van der Waals surface area contributed by atoms with E-state index in [1.807, 2.05) is 25.2 Å². The molecule has 0 heterocycles. The Kier molecular flexibility index (Phi) is 4.58. The molecule has 100 valence electrons. The van der Waals surface area contributed by atoms with E-state index in [1.54, 1.807) is 0 Å². The molecule has 2 heteroatoms. The maximum Gasteiger partial charge on any atom is 0.136 e. The molecule has 0 saturated carbocycles. The molecule has 0 aliphatic heterocycles. The van der Waals surface area contributed by atoms with Gasteiger partial charge in [-0.1, -0.05) is 48.0 Å². The van der Waals surface area contributed by atoms with E-state index < -0.39 is 0 Å². The van der Waals surface area contributed by atoms with Gasteiger partial charge in [0.2, 0.25) is 0 Å². The number of aryl methyl sites for hydroxylation is 2. The monoisotopic (exact) mass is 255 g/mol. The van der Waals surface area contributed by atoms with Crippen molar-refractivity contribution in [3.8, 4) is 5.75 Å². The number of likely N-dealkylation sites (N-methyl/N-ethyl adjacent to an activating group) is 1. The molecule has 0 aliphatic rings. The van der Waals surface area contributed by atoms with Gasteiger partial charge in [-0.15, -0.1) is 0 Å². The van der Waals surface area contributed by atoms with Crippen molar-refractivity contribution in [2.75, 3.05) is 13.6 Å². The molecule has 0 fully saturated rings. The van der Waals surface area contributed by atoms with Crippen LogP contribution in [0.25, 0.3) is 0 Å². The van der Waals surface area contributed by atoms with Gasteiger partial charge in [0.05, 0.1) is 0 Å². The molecule has 2 aromatic carbocycles. The molecule has 0 radical (unpaired) electrons. The molecule has 19 heavy (non-hydrogen) atoms. The summed E-state index contributed by atoms with van der Waals surface area (Å²) in [6.45, 7) is 4.97. The predicted octanol–water partition coefficient (Wildman–Crippen LogP) is 3.64. The second-order valence-corrected chi connectivity index (χ2v) is 4.84. The smallest absolute Gasteiger partial charge is 0.136 e. The minimum Gasteiger partial charge on any atom is -0.484 e. The fourth-order valence-electron chi connectivity index (χ4n) is 2.17. The molecule has 1 N–H and O–H groups in total. The Balaban J connectivity index is 2.21. The molecule has 0 aliphatic carbocycles. The lowest BCUT2D eigenvalue weighted by atomic mass is 10.1. The summed E-state index contributed by atoms with van der Waals surface area (Å²) in [5, 5.41) is 3.19. The van der Waals surface area contributed by atoms with Crippen LogP contribution < -0.4 is 10.1 Å². The Morgan fingerprint density at radius 3 is 2.42 bits per heavy atom. The van der Waals surface area contributed by atoms with Crippen LogP contribution in [-0.2, 0) is 0 Å². The average Bonchev–Trinajstić information content (AvgIpc) is 2.42. The number of hydrogen-bond acceptors (Lipinski definition) is 2. The van der Waals surface area contributed by atoms with Crippen LogP contribution in [0.3, 0.4) is 0 Å². The highest BCUT2D eigenvalue weighted by molar-refractivity contribution is 5.36. The van der Waals surface area contributed by atoms with Gasteiger partial charge >= 0.3 is 0 Å². The summed E-state index contributed by atoms with van der Waals surface area (Å²) >= 11 is 0. The largest absolute Gasteiger partial charge is 0.484 e. The number of hydrogen-bond donors (Lipinski definition) is 1.